The molecule has 160 valence electrons. The van der Waals surface area contributed by atoms with Crippen LogP contribution in [-0.2, 0) is 26.2 Å². The highest BCUT2D eigenvalue weighted by Gasteiger charge is 2.43. The molecule has 1 aromatic rings. The minimum absolute atomic E-state index is 0.150. The Morgan fingerprint density at radius 1 is 1.34 bits per heavy atom. The van der Waals surface area contributed by atoms with Crippen molar-refractivity contribution in [2.24, 2.45) is 0 Å². The molecule has 0 aromatic carbocycles. The van der Waals surface area contributed by atoms with E-state index in [0.29, 0.717) is 31.9 Å². The molecule has 11 heteroatoms. The molecule has 2 saturated heterocycles. The maximum absolute atomic E-state index is 13.1. The summed E-state index contributed by atoms with van der Waals surface area (Å²) in [6, 6.07) is 2.54. The van der Waals surface area contributed by atoms with Gasteiger partial charge >= 0.3 is 0 Å². The third kappa shape index (κ3) is 5.43. The molecule has 0 saturated carbocycles. The highest BCUT2D eigenvalue weighted by atomic mass is 32.2. The van der Waals surface area contributed by atoms with E-state index in [1.165, 1.54) is 6.92 Å². The van der Waals surface area contributed by atoms with Crippen LogP contribution in [0.4, 0.5) is 0 Å². The van der Waals surface area contributed by atoms with Crippen LogP contribution in [0, 0.1) is 0 Å². The first-order valence-electron chi connectivity index (χ1n) is 9.41. The van der Waals surface area contributed by atoms with Crippen molar-refractivity contribution in [3.8, 4) is 5.88 Å². The number of nitrogens with zero attached hydrogens (tertiary/aromatic N) is 3. The van der Waals surface area contributed by atoms with Crippen LogP contribution >= 0.6 is 0 Å². The summed E-state index contributed by atoms with van der Waals surface area (Å²) in [5.74, 6) is 0.0356. The smallest absolute Gasteiger partial charge is 0.246 e. The first-order chi connectivity index (χ1) is 13.7. The number of amides is 2. The zero-order valence-corrected chi connectivity index (χ0v) is 17.6. The van der Waals surface area contributed by atoms with Crippen LogP contribution in [0.1, 0.15) is 18.9 Å². The van der Waals surface area contributed by atoms with E-state index in [4.69, 9.17) is 4.74 Å². The Hall–Kier alpha value is -2.24. The van der Waals surface area contributed by atoms with Crippen LogP contribution in [0.5, 0.6) is 5.88 Å². The molecule has 3 rings (SSSR count). The summed E-state index contributed by atoms with van der Waals surface area (Å²) < 4.78 is 31.2. The van der Waals surface area contributed by atoms with E-state index >= 15 is 0 Å². The summed E-state index contributed by atoms with van der Waals surface area (Å²) in [6.07, 6.45) is 3.28. The van der Waals surface area contributed by atoms with Crippen molar-refractivity contribution in [1.82, 2.24) is 24.8 Å². The Morgan fingerprint density at radius 2 is 2.10 bits per heavy atom. The van der Waals surface area contributed by atoms with Crippen molar-refractivity contribution in [1.29, 1.82) is 0 Å². The van der Waals surface area contributed by atoms with Crippen LogP contribution in [0.3, 0.4) is 0 Å². The minimum atomic E-state index is -3.38. The van der Waals surface area contributed by atoms with Gasteiger partial charge in [0.25, 0.3) is 0 Å². The van der Waals surface area contributed by atoms with Gasteiger partial charge < -0.3 is 15.0 Å². The normalized spacial score (nSPS) is 25.4. The Balaban J connectivity index is 1.83. The first-order valence-corrected chi connectivity index (χ1v) is 11.3. The molecule has 2 amide bonds. The lowest BCUT2D eigenvalue weighted by Crippen LogP contribution is -2.51. The topological polar surface area (TPSA) is 121 Å². The SMILES string of the molecule is COc1ncccc1CN1C[C@@H]2C[C@H](NS(C)(=O)=O)CN2C(=O)[C@@H](NC(C)=O)C1. The van der Waals surface area contributed by atoms with Crippen molar-refractivity contribution < 1.29 is 22.7 Å². The van der Waals surface area contributed by atoms with Gasteiger partial charge in [-0.15, -0.1) is 0 Å². The number of ether oxygens (including phenoxy) is 1. The number of carbonyl (C=O) groups is 2. The molecule has 3 heterocycles. The van der Waals surface area contributed by atoms with E-state index in [-0.39, 0.29) is 30.4 Å². The number of nitrogens with one attached hydrogen (secondary N) is 2. The summed E-state index contributed by atoms with van der Waals surface area (Å²) in [4.78, 5) is 32.7. The zero-order valence-electron chi connectivity index (χ0n) is 16.8. The van der Waals surface area contributed by atoms with Gasteiger partial charge in [-0.3, -0.25) is 14.5 Å². The van der Waals surface area contributed by atoms with Crippen LogP contribution in [-0.4, -0.2) is 86.1 Å². The Labute approximate surface area is 170 Å². The largest absolute Gasteiger partial charge is 0.481 e. The van der Waals surface area contributed by atoms with Gasteiger partial charge in [0.05, 0.1) is 13.4 Å². The first kappa shape index (κ1) is 21.5. The molecule has 0 unspecified atom stereocenters. The number of pyridine rings is 1. The summed E-state index contributed by atoms with van der Waals surface area (Å²) in [5, 5.41) is 2.73. The van der Waals surface area contributed by atoms with E-state index in [1.807, 2.05) is 12.1 Å². The number of methoxy groups -OCH3 is 1. The number of rotatable bonds is 6. The Bertz CT molecular complexity index is 877. The lowest BCUT2D eigenvalue weighted by atomic mass is 10.1. The number of fused-ring (bicyclic) bond motifs is 1. The van der Waals surface area contributed by atoms with E-state index in [0.717, 1.165) is 11.8 Å². The number of hydrogen-bond donors (Lipinski definition) is 2. The monoisotopic (exact) mass is 425 g/mol. The van der Waals surface area contributed by atoms with Gasteiger partial charge in [0.15, 0.2) is 0 Å². The molecule has 10 nitrogen and oxygen atoms in total. The fourth-order valence-corrected chi connectivity index (χ4v) is 4.88. The molecule has 29 heavy (non-hydrogen) atoms. The van der Waals surface area contributed by atoms with E-state index in [9.17, 15) is 18.0 Å². The average molecular weight is 426 g/mol. The third-order valence-corrected chi connectivity index (χ3v) is 5.86. The van der Waals surface area contributed by atoms with Crippen molar-refractivity contribution >= 4 is 21.8 Å². The summed E-state index contributed by atoms with van der Waals surface area (Å²) >= 11 is 0. The van der Waals surface area contributed by atoms with E-state index < -0.39 is 16.1 Å². The maximum Gasteiger partial charge on any atom is 0.246 e. The molecule has 0 aliphatic carbocycles. The van der Waals surface area contributed by atoms with Gasteiger partial charge in [-0.05, 0) is 12.5 Å². The van der Waals surface area contributed by atoms with Crippen molar-refractivity contribution in [2.75, 3.05) is 33.0 Å². The molecule has 2 fully saturated rings. The van der Waals surface area contributed by atoms with Crippen LogP contribution < -0.4 is 14.8 Å². The molecule has 1 aromatic heterocycles. The quantitative estimate of drug-likeness (QED) is 0.595. The molecule has 2 aliphatic heterocycles. The predicted molar refractivity (Wildman–Crippen MR) is 106 cm³/mol. The van der Waals surface area contributed by atoms with Gasteiger partial charge in [-0.2, -0.15) is 0 Å². The van der Waals surface area contributed by atoms with Gasteiger partial charge in [-0.1, -0.05) is 6.07 Å². The van der Waals surface area contributed by atoms with Crippen LogP contribution in [0.25, 0.3) is 0 Å². The zero-order chi connectivity index (χ0) is 21.2. The fraction of sp³-hybridized carbons (Fsp3) is 0.611. The van der Waals surface area contributed by atoms with Crippen molar-refractivity contribution in [3.63, 3.8) is 0 Å². The van der Waals surface area contributed by atoms with Gasteiger partial charge in [0.1, 0.15) is 6.04 Å². The summed E-state index contributed by atoms with van der Waals surface area (Å²) in [7, 11) is -1.82. The number of aromatic nitrogens is 1. The second-order valence-corrected chi connectivity index (χ2v) is 9.37. The fourth-order valence-electron chi connectivity index (χ4n) is 4.11. The number of sulfonamides is 1. The molecule has 0 spiro atoms. The molecule has 0 bridgehead atoms. The van der Waals surface area contributed by atoms with Crippen LogP contribution in [0.15, 0.2) is 18.3 Å². The lowest BCUT2D eigenvalue weighted by molar-refractivity contribution is -0.135. The van der Waals surface area contributed by atoms with Crippen LogP contribution in [0.2, 0.25) is 0 Å². The highest BCUT2D eigenvalue weighted by molar-refractivity contribution is 7.88. The van der Waals surface area contributed by atoms with E-state index in [1.54, 1.807) is 18.2 Å². The minimum Gasteiger partial charge on any atom is -0.481 e. The third-order valence-electron chi connectivity index (χ3n) is 5.10. The van der Waals surface area contributed by atoms with Crippen molar-refractivity contribution in [3.05, 3.63) is 23.9 Å². The molecular weight excluding hydrogens is 398 g/mol. The second-order valence-electron chi connectivity index (χ2n) is 7.59. The molecule has 2 N–H and O–H groups in total. The molecule has 0 radical (unpaired) electrons. The Kier molecular flexibility index (Phi) is 6.39. The molecular formula is C18H27N5O5S. The maximum atomic E-state index is 13.1. The van der Waals surface area contributed by atoms with Gasteiger partial charge in [-0.25, -0.2) is 18.1 Å². The molecule has 2 aliphatic rings. The predicted octanol–water partition coefficient (Wildman–Crippen LogP) is -1.07. The highest BCUT2D eigenvalue weighted by Crippen LogP contribution is 2.25. The summed E-state index contributed by atoms with van der Waals surface area (Å²) in [5.41, 5.74) is 0.876. The number of hydrogen-bond acceptors (Lipinski definition) is 7. The number of carbonyl (C=O) groups excluding carboxylic acids is 2. The van der Waals surface area contributed by atoms with Gasteiger partial charge in [0.2, 0.25) is 27.7 Å². The second kappa shape index (κ2) is 8.64. The van der Waals surface area contributed by atoms with E-state index in [2.05, 4.69) is 19.9 Å². The van der Waals surface area contributed by atoms with Gasteiger partial charge in [0, 0.05) is 56.9 Å². The average Bonchev–Trinajstić information content (AvgIpc) is 2.95. The van der Waals surface area contributed by atoms with Crippen molar-refractivity contribution in [2.45, 2.75) is 38.0 Å². The molecule has 3 atom stereocenters. The summed E-state index contributed by atoms with van der Waals surface area (Å²) in [6.45, 7) is 3.07. The lowest BCUT2D eigenvalue weighted by Gasteiger charge is -2.25. The Morgan fingerprint density at radius 3 is 2.76 bits per heavy atom. The standard InChI is InChI=1S/C18H27N5O5S/c1-12(24)20-16-11-22(8-13-5-4-6-19-17(13)28-2)10-15-7-14(21-29(3,26)27)9-23(15)18(16)25/h4-6,14-16,21H,7-11H2,1-3H3,(H,20,24)/t14-,15-,16-/m0/s1.